The minimum atomic E-state index is -0.620. The zero-order chi connectivity index (χ0) is 20.6. The standard InChI is InChI=1S/C20H28N4O3S/c1-20(2,3)27-19(26)22-12-8-7-11-15(21)17(25)24-18-23-16(13-28-18)14-9-5-4-6-10-14/h4-6,9-10,13,15H,7-8,11-12,21H2,1-3H3,(H,22,26)(H,23,24,25)/t15-/m0/s1. The molecule has 28 heavy (non-hydrogen) atoms. The third-order valence-corrected chi connectivity index (χ3v) is 4.51. The molecule has 0 spiro atoms. The molecule has 1 aromatic heterocycles. The van der Waals surface area contributed by atoms with E-state index in [2.05, 4.69) is 15.6 Å². The fraction of sp³-hybridized carbons (Fsp3) is 0.450. The minimum absolute atomic E-state index is 0.255. The van der Waals surface area contributed by atoms with Crippen LogP contribution in [0.25, 0.3) is 11.3 Å². The summed E-state index contributed by atoms with van der Waals surface area (Å²) in [7, 11) is 0. The van der Waals surface area contributed by atoms with Gasteiger partial charge < -0.3 is 21.1 Å². The van der Waals surface area contributed by atoms with Gasteiger partial charge in [-0.3, -0.25) is 4.79 Å². The number of anilines is 1. The Kier molecular flexibility index (Phi) is 7.95. The smallest absolute Gasteiger partial charge is 0.407 e. The number of thiazole rings is 1. The van der Waals surface area contributed by atoms with E-state index in [1.165, 1.54) is 11.3 Å². The van der Waals surface area contributed by atoms with Crippen molar-refractivity contribution >= 4 is 28.5 Å². The van der Waals surface area contributed by atoms with Crippen LogP contribution in [0.3, 0.4) is 0 Å². The number of amides is 2. The quantitative estimate of drug-likeness (QED) is 0.581. The summed E-state index contributed by atoms with van der Waals surface area (Å²) in [5, 5.41) is 7.89. The molecule has 0 aliphatic rings. The number of rotatable bonds is 8. The van der Waals surface area contributed by atoms with Gasteiger partial charge in [-0.1, -0.05) is 30.3 Å². The Bertz CT molecular complexity index is 771. The van der Waals surface area contributed by atoms with Gasteiger partial charge in [0, 0.05) is 17.5 Å². The van der Waals surface area contributed by atoms with Gasteiger partial charge in [-0.25, -0.2) is 9.78 Å². The van der Waals surface area contributed by atoms with Crippen molar-refractivity contribution in [1.29, 1.82) is 0 Å². The van der Waals surface area contributed by atoms with Crippen LogP contribution in [0, 0.1) is 0 Å². The zero-order valence-electron chi connectivity index (χ0n) is 16.5. The molecule has 2 amide bonds. The summed E-state index contributed by atoms with van der Waals surface area (Å²) in [4.78, 5) is 28.2. The van der Waals surface area contributed by atoms with Crippen LogP contribution >= 0.6 is 11.3 Å². The van der Waals surface area contributed by atoms with Crippen molar-refractivity contribution in [3.63, 3.8) is 0 Å². The lowest BCUT2D eigenvalue weighted by Crippen LogP contribution is -2.36. The number of carbonyl (C=O) groups excluding carboxylic acids is 2. The fourth-order valence-electron chi connectivity index (χ4n) is 2.40. The van der Waals surface area contributed by atoms with Crippen LogP contribution in [0.4, 0.5) is 9.93 Å². The summed E-state index contributed by atoms with van der Waals surface area (Å²) in [6.07, 6.45) is 1.53. The maximum atomic E-state index is 12.2. The highest BCUT2D eigenvalue weighted by Crippen LogP contribution is 2.24. The molecule has 4 N–H and O–H groups in total. The molecule has 0 bridgehead atoms. The van der Waals surface area contributed by atoms with Crippen LogP contribution in [-0.4, -0.2) is 35.2 Å². The molecule has 0 aliphatic carbocycles. The summed E-state index contributed by atoms with van der Waals surface area (Å²) < 4.78 is 5.16. The Balaban J connectivity index is 1.68. The van der Waals surface area contributed by atoms with Crippen LogP contribution in [-0.2, 0) is 9.53 Å². The molecular formula is C20H28N4O3S. The highest BCUT2D eigenvalue weighted by Gasteiger charge is 2.17. The summed E-state index contributed by atoms with van der Waals surface area (Å²) in [6, 6.07) is 9.16. The molecular weight excluding hydrogens is 376 g/mol. The normalized spacial score (nSPS) is 12.3. The van der Waals surface area contributed by atoms with Crippen molar-refractivity contribution < 1.29 is 14.3 Å². The summed E-state index contributed by atoms with van der Waals surface area (Å²) in [6.45, 7) is 5.93. The van der Waals surface area contributed by atoms with Gasteiger partial charge in [0.25, 0.3) is 0 Å². The highest BCUT2D eigenvalue weighted by molar-refractivity contribution is 7.14. The van der Waals surface area contributed by atoms with E-state index < -0.39 is 17.7 Å². The van der Waals surface area contributed by atoms with Crippen LogP contribution < -0.4 is 16.4 Å². The number of hydrogen-bond acceptors (Lipinski definition) is 6. The Morgan fingerprint density at radius 2 is 1.93 bits per heavy atom. The second-order valence-corrected chi connectivity index (χ2v) is 8.28. The summed E-state index contributed by atoms with van der Waals surface area (Å²) >= 11 is 1.37. The number of hydrogen-bond donors (Lipinski definition) is 3. The number of benzene rings is 1. The Morgan fingerprint density at radius 3 is 2.61 bits per heavy atom. The van der Waals surface area contributed by atoms with Crippen molar-refractivity contribution in [2.24, 2.45) is 5.73 Å². The third-order valence-electron chi connectivity index (χ3n) is 3.75. The second kappa shape index (κ2) is 10.2. The lowest BCUT2D eigenvalue weighted by molar-refractivity contribution is -0.117. The van der Waals surface area contributed by atoms with Crippen LogP contribution in [0.2, 0.25) is 0 Å². The third kappa shape index (κ3) is 7.66. The number of alkyl carbamates (subject to hydrolysis) is 1. The van der Waals surface area contributed by atoms with Gasteiger partial charge in [0.05, 0.1) is 11.7 Å². The lowest BCUT2D eigenvalue weighted by atomic mass is 10.1. The van der Waals surface area contributed by atoms with Crippen molar-refractivity contribution in [3.8, 4) is 11.3 Å². The molecule has 1 heterocycles. The number of nitrogens with two attached hydrogens (primary N) is 1. The number of ether oxygens (including phenoxy) is 1. The van der Waals surface area contributed by atoms with E-state index in [1.807, 2.05) is 56.5 Å². The van der Waals surface area contributed by atoms with E-state index >= 15 is 0 Å². The number of unbranched alkanes of at least 4 members (excludes halogenated alkanes) is 1. The van der Waals surface area contributed by atoms with Gasteiger partial charge >= 0.3 is 6.09 Å². The molecule has 2 rings (SSSR count). The van der Waals surface area contributed by atoms with Crippen LogP contribution in [0.15, 0.2) is 35.7 Å². The molecule has 8 heteroatoms. The number of nitrogens with zero attached hydrogens (tertiary/aromatic N) is 1. The van der Waals surface area contributed by atoms with Crippen molar-refractivity contribution in [2.45, 2.75) is 51.7 Å². The first-order valence-corrected chi connectivity index (χ1v) is 10.2. The Labute approximate surface area is 169 Å². The lowest BCUT2D eigenvalue weighted by Gasteiger charge is -2.19. The molecule has 0 unspecified atom stereocenters. The van der Waals surface area contributed by atoms with Crippen molar-refractivity contribution in [3.05, 3.63) is 35.7 Å². The van der Waals surface area contributed by atoms with Crippen molar-refractivity contribution in [1.82, 2.24) is 10.3 Å². The van der Waals surface area contributed by atoms with Crippen LogP contribution in [0.1, 0.15) is 40.0 Å². The summed E-state index contributed by atoms with van der Waals surface area (Å²) in [5.74, 6) is -0.255. The molecule has 1 atom stereocenters. The number of carbonyl (C=O) groups is 2. The molecule has 0 fully saturated rings. The second-order valence-electron chi connectivity index (χ2n) is 7.42. The predicted octanol–water partition coefficient (Wildman–Crippen LogP) is 3.77. The molecule has 1 aromatic carbocycles. The van der Waals surface area contributed by atoms with E-state index in [4.69, 9.17) is 10.5 Å². The first-order chi connectivity index (χ1) is 13.2. The van der Waals surface area contributed by atoms with Gasteiger partial charge in [0.2, 0.25) is 5.91 Å². The van der Waals surface area contributed by atoms with E-state index in [0.717, 1.165) is 24.1 Å². The number of nitrogens with one attached hydrogen (secondary N) is 2. The Morgan fingerprint density at radius 1 is 1.21 bits per heavy atom. The molecule has 0 saturated heterocycles. The van der Waals surface area contributed by atoms with Gasteiger partial charge in [-0.15, -0.1) is 11.3 Å². The molecule has 0 saturated carbocycles. The number of aromatic nitrogens is 1. The average molecular weight is 405 g/mol. The first kappa shape index (κ1) is 21.8. The van der Waals surface area contributed by atoms with Crippen LogP contribution in [0.5, 0.6) is 0 Å². The fourth-order valence-corrected chi connectivity index (χ4v) is 3.12. The molecule has 7 nitrogen and oxygen atoms in total. The SMILES string of the molecule is CC(C)(C)OC(=O)NCCCC[C@H](N)C(=O)Nc1nc(-c2ccccc2)cs1. The highest BCUT2D eigenvalue weighted by atomic mass is 32.1. The average Bonchev–Trinajstić information content (AvgIpc) is 3.09. The molecule has 152 valence electrons. The van der Waals surface area contributed by atoms with Gasteiger partial charge in [-0.2, -0.15) is 0 Å². The molecule has 0 radical (unpaired) electrons. The topological polar surface area (TPSA) is 106 Å². The van der Waals surface area contributed by atoms with Gasteiger partial charge in [0.15, 0.2) is 5.13 Å². The predicted molar refractivity (Wildman–Crippen MR) is 112 cm³/mol. The largest absolute Gasteiger partial charge is 0.444 e. The van der Waals surface area contributed by atoms with E-state index in [-0.39, 0.29) is 5.91 Å². The zero-order valence-corrected chi connectivity index (χ0v) is 17.3. The van der Waals surface area contributed by atoms with E-state index in [0.29, 0.717) is 18.1 Å². The van der Waals surface area contributed by atoms with E-state index in [1.54, 1.807) is 0 Å². The van der Waals surface area contributed by atoms with Gasteiger partial charge in [0.1, 0.15) is 5.60 Å². The maximum absolute atomic E-state index is 12.2. The van der Waals surface area contributed by atoms with Crippen molar-refractivity contribution in [2.75, 3.05) is 11.9 Å². The Hall–Kier alpha value is -2.45. The maximum Gasteiger partial charge on any atom is 0.407 e. The van der Waals surface area contributed by atoms with E-state index in [9.17, 15) is 9.59 Å². The monoisotopic (exact) mass is 404 g/mol. The molecule has 2 aromatic rings. The first-order valence-electron chi connectivity index (χ1n) is 9.29. The molecule has 0 aliphatic heterocycles. The minimum Gasteiger partial charge on any atom is -0.444 e. The summed E-state index contributed by atoms with van der Waals surface area (Å²) in [5.41, 5.74) is 7.27. The van der Waals surface area contributed by atoms with Gasteiger partial charge in [-0.05, 0) is 40.0 Å².